The first kappa shape index (κ1) is 16.9. The molecule has 130 valence electrons. The lowest BCUT2D eigenvalue weighted by atomic mass is 9.86. The predicted molar refractivity (Wildman–Crippen MR) is 91.4 cm³/mol. The van der Waals surface area contributed by atoms with Gasteiger partial charge in [-0.3, -0.25) is 19.5 Å². The van der Waals surface area contributed by atoms with Crippen LogP contribution in [-0.4, -0.2) is 77.3 Å². The molecule has 2 fully saturated rings. The summed E-state index contributed by atoms with van der Waals surface area (Å²) < 4.78 is 0. The highest BCUT2D eigenvalue weighted by Crippen LogP contribution is 2.32. The number of hydrogen-bond acceptors (Lipinski definition) is 4. The lowest BCUT2D eigenvalue weighted by Gasteiger charge is -2.49. The molecular formula is C18H26N4O2. The Morgan fingerprint density at radius 3 is 2.83 bits per heavy atom. The van der Waals surface area contributed by atoms with Crippen molar-refractivity contribution in [3.8, 4) is 0 Å². The van der Waals surface area contributed by atoms with Crippen LogP contribution in [0.25, 0.3) is 0 Å². The van der Waals surface area contributed by atoms with Gasteiger partial charge in [0.05, 0.1) is 6.42 Å². The zero-order valence-electron chi connectivity index (χ0n) is 14.6. The molecule has 0 unspecified atom stereocenters. The van der Waals surface area contributed by atoms with Crippen LogP contribution in [0.2, 0.25) is 0 Å². The number of aromatic nitrogens is 1. The van der Waals surface area contributed by atoms with E-state index in [4.69, 9.17) is 0 Å². The molecule has 2 amide bonds. The highest BCUT2D eigenvalue weighted by Gasteiger charge is 2.42. The predicted octanol–water partition coefficient (Wildman–Crippen LogP) is 0.779. The first-order chi connectivity index (χ1) is 11.5. The van der Waals surface area contributed by atoms with Crippen LogP contribution in [0.3, 0.4) is 0 Å². The maximum absolute atomic E-state index is 12.7. The Balaban J connectivity index is 1.71. The molecule has 24 heavy (non-hydrogen) atoms. The summed E-state index contributed by atoms with van der Waals surface area (Å²) in [4.78, 5) is 35.0. The summed E-state index contributed by atoms with van der Waals surface area (Å²) in [5.74, 6) is 0.360. The number of pyridine rings is 1. The van der Waals surface area contributed by atoms with Gasteiger partial charge in [-0.05, 0) is 31.5 Å². The van der Waals surface area contributed by atoms with Crippen molar-refractivity contribution in [2.75, 3.05) is 40.3 Å². The zero-order valence-corrected chi connectivity index (χ0v) is 14.6. The molecule has 0 N–H and O–H groups in total. The topological polar surface area (TPSA) is 56.8 Å². The van der Waals surface area contributed by atoms with Crippen molar-refractivity contribution >= 4 is 11.8 Å². The quantitative estimate of drug-likeness (QED) is 0.804. The molecule has 1 atom stereocenters. The van der Waals surface area contributed by atoms with Gasteiger partial charge < -0.3 is 9.80 Å². The van der Waals surface area contributed by atoms with Gasteiger partial charge in [0.2, 0.25) is 11.8 Å². The Labute approximate surface area is 143 Å². The zero-order chi connectivity index (χ0) is 17.2. The van der Waals surface area contributed by atoms with E-state index in [9.17, 15) is 9.59 Å². The Morgan fingerprint density at radius 2 is 2.08 bits per heavy atom. The standard InChI is InChI=1S/C18H26N4O2/c1-20-9-7-18(6-5-16(20)23)14-22(11-10-21(18)2)17(24)12-15-4-3-8-19-13-15/h3-4,8,13H,5-7,9-12,14H2,1-2H3/t18-/m1/s1. The van der Waals surface area contributed by atoms with Crippen LogP contribution in [0.4, 0.5) is 0 Å². The number of piperazine rings is 1. The number of hydrogen-bond donors (Lipinski definition) is 0. The lowest BCUT2D eigenvalue weighted by Crippen LogP contribution is -2.62. The van der Waals surface area contributed by atoms with E-state index >= 15 is 0 Å². The fourth-order valence-electron chi connectivity index (χ4n) is 3.76. The third-order valence-corrected chi connectivity index (χ3v) is 5.57. The SMILES string of the molecule is CN1CC[C@]2(CCC1=O)CN(C(=O)Cc1cccnc1)CCN2C. The van der Waals surface area contributed by atoms with E-state index in [1.807, 2.05) is 29.0 Å². The average molecular weight is 330 g/mol. The Hall–Kier alpha value is -1.95. The van der Waals surface area contributed by atoms with Crippen molar-refractivity contribution in [2.45, 2.75) is 31.2 Å². The van der Waals surface area contributed by atoms with Crippen LogP contribution in [0.5, 0.6) is 0 Å². The molecule has 0 aliphatic carbocycles. The van der Waals surface area contributed by atoms with Gasteiger partial charge in [-0.15, -0.1) is 0 Å². The molecule has 2 saturated heterocycles. The largest absolute Gasteiger partial charge is 0.346 e. The molecule has 6 nitrogen and oxygen atoms in total. The van der Waals surface area contributed by atoms with Crippen molar-refractivity contribution in [2.24, 2.45) is 0 Å². The summed E-state index contributed by atoms with van der Waals surface area (Å²) in [7, 11) is 3.99. The average Bonchev–Trinajstić information content (AvgIpc) is 2.73. The molecule has 6 heteroatoms. The second-order valence-electron chi connectivity index (χ2n) is 7.06. The number of amides is 2. The normalized spacial score (nSPS) is 25.8. The van der Waals surface area contributed by atoms with Crippen LogP contribution in [-0.2, 0) is 16.0 Å². The molecule has 2 aliphatic rings. The second-order valence-corrected chi connectivity index (χ2v) is 7.06. The van der Waals surface area contributed by atoms with Gasteiger partial charge >= 0.3 is 0 Å². The van der Waals surface area contributed by atoms with Gasteiger partial charge in [-0.2, -0.15) is 0 Å². The highest BCUT2D eigenvalue weighted by atomic mass is 16.2. The molecule has 0 bridgehead atoms. The number of carbonyl (C=O) groups is 2. The molecule has 1 aromatic rings. The first-order valence-electron chi connectivity index (χ1n) is 8.62. The minimum Gasteiger partial charge on any atom is -0.346 e. The number of likely N-dealkylation sites (tertiary alicyclic amines) is 1. The Kier molecular flexibility index (Phi) is 4.85. The first-order valence-corrected chi connectivity index (χ1v) is 8.62. The van der Waals surface area contributed by atoms with Crippen LogP contribution in [0.1, 0.15) is 24.8 Å². The Morgan fingerprint density at radius 1 is 1.25 bits per heavy atom. The van der Waals surface area contributed by atoms with E-state index in [2.05, 4.69) is 16.9 Å². The minimum atomic E-state index is -0.0801. The summed E-state index contributed by atoms with van der Waals surface area (Å²) in [6, 6.07) is 3.80. The van der Waals surface area contributed by atoms with E-state index in [0.29, 0.717) is 19.4 Å². The molecular weight excluding hydrogens is 304 g/mol. The van der Waals surface area contributed by atoms with Gasteiger partial charge in [0.25, 0.3) is 0 Å². The van der Waals surface area contributed by atoms with Crippen LogP contribution in [0, 0.1) is 0 Å². The van der Waals surface area contributed by atoms with Crippen molar-refractivity contribution in [3.05, 3.63) is 30.1 Å². The molecule has 0 saturated carbocycles. The third kappa shape index (κ3) is 3.43. The molecule has 2 aliphatic heterocycles. The second kappa shape index (κ2) is 6.89. The van der Waals surface area contributed by atoms with E-state index < -0.39 is 0 Å². The molecule has 1 spiro atoms. The maximum atomic E-state index is 12.7. The fraction of sp³-hybridized carbons (Fsp3) is 0.611. The van der Waals surface area contributed by atoms with E-state index in [-0.39, 0.29) is 17.4 Å². The maximum Gasteiger partial charge on any atom is 0.227 e. The number of carbonyl (C=O) groups excluding carboxylic acids is 2. The van der Waals surface area contributed by atoms with Gasteiger partial charge in [-0.1, -0.05) is 6.07 Å². The summed E-state index contributed by atoms with van der Waals surface area (Å²) in [5, 5.41) is 0. The minimum absolute atomic E-state index is 0.0801. The molecule has 3 rings (SSSR count). The Bertz CT molecular complexity index is 606. The molecule has 0 aromatic carbocycles. The fourth-order valence-corrected chi connectivity index (χ4v) is 3.76. The van der Waals surface area contributed by atoms with E-state index in [1.54, 1.807) is 12.4 Å². The monoisotopic (exact) mass is 330 g/mol. The van der Waals surface area contributed by atoms with Crippen LogP contribution < -0.4 is 0 Å². The van der Waals surface area contributed by atoms with E-state index in [0.717, 1.165) is 38.0 Å². The summed E-state index contributed by atoms with van der Waals surface area (Å²) in [6.07, 6.45) is 6.17. The summed E-state index contributed by atoms with van der Waals surface area (Å²) in [5.41, 5.74) is 0.870. The number of likely N-dealkylation sites (N-methyl/N-ethyl adjacent to an activating group) is 1. The number of nitrogens with zero attached hydrogens (tertiary/aromatic N) is 4. The van der Waals surface area contributed by atoms with Gasteiger partial charge in [0.1, 0.15) is 0 Å². The molecule has 3 heterocycles. The van der Waals surface area contributed by atoms with Gasteiger partial charge in [0, 0.05) is 57.6 Å². The number of rotatable bonds is 2. The third-order valence-electron chi connectivity index (χ3n) is 5.57. The van der Waals surface area contributed by atoms with Crippen molar-refractivity contribution in [1.29, 1.82) is 0 Å². The van der Waals surface area contributed by atoms with Gasteiger partial charge in [0.15, 0.2) is 0 Å². The summed E-state index contributed by atoms with van der Waals surface area (Å²) in [6.45, 7) is 3.08. The summed E-state index contributed by atoms with van der Waals surface area (Å²) >= 11 is 0. The molecule has 0 radical (unpaired) electrons. The van der Waals surface area contributed by atoms with Crippen LogP contribution in [0.15, 0.2) is 24.5 Å². The van der Waals surface area contributed by atoms with Gasteiger partial charge in [-0.25, -0.2) is 0 Å². The highest BCUT2D eigenvalue weighted by molar-refractivity contribution is 5.79. The van der Waals surface area contributed by atoms with Crippen molar-refractivity contribution < 1.29 is 9.59 Å². The molecule has 1 aromatic heterocycles. The smallest absolute Gasteiger partial charge is 0.227 e. The van der Waals surface area contributed by atoms with Crippen molar-refractivity contribution in [1.82, 2.24) is 19.7 Å². The lowest BCUT2D eigenvalue weighted by molar-refractivity contribution is -0.136. The van der Waals surface area contributed by atoms with E-state index in [1.165, 1.54) is 0 Å². The van der Waals surface area contributed by atoms with Crippen molar-refractivity contribution in [3.63, 3.8) is 0 Å². The van der Waals surface area contributed by atoms with Crippen LogP contribution >= 0.6 is 0 Å².